The first kappa shape index (κ1) is 16.4. The van der Waals surface area contributed by atoms with Crippen molar-refractivity contribution in [2.24, 2.45) is 0 Å². The minimum absolute atomic E-state index is 0.156. The minimum Gasteiger partial charge on any atom is -0.445 e. The molecule has 1 heterocycles. The number of anilines is 1. The average molecular weight is 347 g/mol. The first-order valence-corrected chi connectivity index (χ1v) is 8.84. The zero-order valence-electron chi connectivity index (χ0n) is 14.4. The van der Waals surface area contributed by atoms with Gasteiger partial charge in [-0.05, 0) is 35.9 Å². The Morgan fingerprint density at radius 1 is 1.04 bits per heavy atom. The number of ether oxygens (including phenoxy) is 1. The Hall–Kier alpha value is -3.08. The maximum atomic E-state index is 11.9. The fourth-order valence-electron chi connectivity index (χ4n) is 3.24. The number of carbonyl (C=O) groups excluding carboxylic acids is 1. The van der Waals surface area contributed by atoms with Gasteiger partial charge in [-0.15, -0.1) is 0 Å². The van der Waals surface area contributed by atoms with Gasteiger partial charge in [0.15, 0.2) is 0 Å². The number of amides is 1. The second-order valence-electron chi connectivity index (χ2n) is 6.62. The molecule has 2 N–H and O–H groups in total. The Morgan fingerprint density at radius 2 is 1.88 bits per heavy atom. The molecular weight excluding hydrogens is 326 g/mol. The normalized spacial score (nSPS) is 18.8. The Balaban J connectivity index is 1.24. The van der Waals surface area contributed by atoms with Gasteiger partial charge in [-0.2, -0.15) is 0 Å². The lowest BCUT2D eigenvalue weighted by molar-refractivity contribution is 0.129. The molecule has 3 aromatic rings. The number of rotatable bonds is 5. The topological polar surface area (TPSA) is 63.2 Å². The van der Waals surface area contributed by atoms with Crippen molar-refractivity contribution >= 4 is 22.6 Å². The van der Waals surface area contributed by atoms with E-state index in [1.807, 2.05) is 48.7 Å². The molecule has 0 unspecified atom stereocenters. The van der Waals surface area contributed by atoms with E-state index in [2.05, 4.69) is 27.8 Å². The van der Waals surface area contributed by atoms with Crippen LogP contribution < -0.4 is 10.6 Å². The summed E-state index contributed by atoms with van der Waals surface area (Å²) >= 11 is 0. The van der Waals surface area contributed by atoms with Crippen molar-refractivity contribution in [2.45, 2.75) is 31.5 Å². The lowest BCUT2D eigenvalue weighted by atomic mass is 9.86. The monoisotopic (exact) mass is 347 g/mol. The second kappa shape index (κ2) is 7.44. The highest BCUT2D eigenvalue weighted by atomic mass is 16.5. The first-order valence-electron chi connectivity index (χ1n) is 8.84. The van der Waals surface area contributed by atoms with E-state index in [-0.39, 0.29) is 12.1 Å². The Bertz CT molecular complexity index is 887. The van der Waals surface area contributed by atoms with E-state index in [0.29, 0.717) is 12.6 Å². The predicted octanol–water partition coefficient (Wildman–Crippen LogP) is 4.10. The van der Waals surface area contributed by atoms with Crippen molar-refractivity contribution in [2.75, 3.05) is 5.32 Å². The Labute approximate surface area is 152 Å². The third kappa shape index (κ3) is 3.77. The molecule has 1 fully saturated rings. The van der Waals surface area contributed by atoms with E-state index in [1.54, 1.807) is 6.20 Å². The number of nitrogens with one attached hydrogen (secondary N) is 2. The van der Waals surface area contributed by atoms with E-state index < -0.39 is 0 Å². The molecule has 132 valence electrons. The Kier molecular flexibility index (Phi) is 4.69. The zero-order chi connectivity index (χ0) is 17.8. The van der Waals surface area contributed by atoms with Crippen molar-refractivity contribution in [3.63, 3.8) is 0 Å². The fourth-order valence-corrected chi connectivity index (χ4v) is 3.24. The van der Waals surface area contributed by atoms with Crippen LogP contribution in [0.1, 0.15) is 18.4 Å². The molecule has 1 amide bonds. The van der Waals surface area contributed by atoms with Gasteiger partial charge in [0, 0.05) is 35.6 Å². The summed E-state index contributed by atoms with van der Waals surface area (Å²) in [4.78, 5) is 16.1. The van der Waals surface area contributed by atoms with Crippen molar-refractivity contribution < 1.29 is 9.53 Å². The molecule has 26 heavy (non-hydrogen) atoms. The maximum absolute atomic E-state index is 11.9. The number of carbonyl (C=O) groups is 1. The van der Waals surface area contributed by atoms with Crippen molar-refractivity contribution in [1.29, 1.82) is 0 Å². The molecule has 1 saturated carbocycles. The van der Waals surface area contributed by atoms with Crippen LogP contribution in [0.5, 0.6) is 0 Å². The molecule has 0 atom stereocenters. The van der Waals surface area contributed by atoms with Gasteiger partial charge in [-0.1, -0.05) is 42.5 Å². The summed E-state index contributed by atoms with van der Waals surface area (Å²) in [6.07, 6.45) is 5.10. The first-order chi connectivity index (χ1) is 12.8. The van der Waals surface area contributed by atoms with E-state index in [1.165, 1.54) is 5.39 Å². The number of nitrogens with zero attached hydrogens (tertiary/aromatic N) is 1. The van der Waals surface area contributed by atoms with Crippen LogP contribution in [0, 0.1) is 0 Å². The molecule has 0 radical (unpaired) electrons. The average Bonchev–Trinajstić information content (AvgIpc) is 2.65. The molecule has 5 nitrogen and oxygen atoms in total. The Morgan fingerprint density at radius 3 is 2.73 bits per heavy atom. The number of pyridine rings is 1. The summed E-state index contributed by atoms with van der Waals surface area (Å²) in [7, 11) is 0. The lowest BCUT2D eigenvalue weighted by Crippen LogP contribution is -2.49. The molecule has 0 bridgehead atoms. The van der Waals surface area contributed by atoms with Gasteiger partial charge < -0.3 is 15.4 Å². The summed E-state index contributed by atoms with van der Waals surface area (Å²) in [5.41, 5.74) is 2.08. The zero-order valence-corrected chi connectivity index (χ0v) is 14.4. The molecule has 4 rings (SSSR count). The van der Waals surface area contributed by atoms with Gasteiger partial charge in [0.05, 0.1) is 0 Å². The highest BCUT2D eigenvalue weighted by Gasteiger charge is 2.30. The van der Waals surface area contributed by atoms with Crippen LogP contribution in [-0.2, 0) is 11.3 Å². The standard InChI is InChI=1S/C21H21N3O2/c25-21(26-14-15-5-2-1-3-6-15)24-18-11-17(12-18)23-20-8-4-7-16-9-10-22-13-19(16)20/h1-10,13,17-18,23H,11-12,14H2,(H,24,25). The highest BCUT2D eigenvalue weighted by Crippen LogP contribution is 2.28. The number of alkyl carbamates (subject to hydrolysis) is 1. The number of aromatic nitrogens is 1. The predicted molar refractivity (Wildman–Crippen MR) is 102 cm³/mol. The maximum Gasteiger partial charge on any atom is 0.407 e. The van der Waals surface area contributed by atoms with Gasteiger partial charge >= 0.3 is 6.09 Å². The molecule has 1 aliphatic rings. The third-order valence-corrected chi connectivity index (χ3v) is 4.72. The quantitative estimate of drug-likeness (QED) is 0.729. The number of hydrogen-bond acceptors (Lipinski definition) is 4. The van der Waals surface area contributed by atoms with Gasteiger partial charge in [0.1, 0.15) is 6.61 Å². The summed E-state index contributed by atoms with van der Waals surface area (Å²) in [5, 5.41) is 8.77. The van der Waals surface area contributed by atoms with Crippen LogP contribution in [0.3, 0.4) is 0 Å². The molecular formula is C21H21N3O2. The van der Waals surface area contributed by atoms with Gasteiger partial charge in [-0.25, -0.2) is 4.79 Å². The summed E-state index contributed by atoms with van der Waals surface area (Å²) < 4.78 is 5.27. The SMILES string of the molecule is O=C(NC1CC(Nc2cccc3ccncc23)C1)OCc1ccccc1. The van der Waals surface area contributed by atoms with Crippen LogP contribution in [0.4, 0.5) is 10.5 Å². The molecule has 1 aromatic heterocycles. The summed E-state index contributed by atoms with van der Waals surface area (Å²) in [6, 6.07) is 18.4. The lowest BCUT2D eigenvalue weighted by Gasteiger charge is -2.36. The van der Waals surface area contributed by atoms with Crippen LogP contribution in [0.15, 0.2) is 67.0 Å². The molecule has 1 aliphatic carbocycles. The smallest absolute Gasteiger partial charge is 0.407 e. The number of benzene rings is 2. The molecule has 0 saturated heterocycles. The van der Waals surface area contributed by atoms with Gasteiger partial charge in [0.2, 0.25) is 0 Å². The van der Waals surface area contributed by atoms with Crippen molar-refractivity contribution in [1.82, 2.24) is 10.3 Å². The fraction of sp³-hybridized carbons (Fsp3) is 0.238. The van der Waals surface area contributed by atoms with Gasteiger partial charge in [0.25, 0.3) is 0 Å². The molecule has 0 spiro atoms. The van der Waals surface area contributed by atoms with E-state index in [9.17, 15) is 4.79 Å². The van der Waals surface area contributed by atoms with E-state index in [0.717, 1.165) is 29.5 Å². The third-order valence-electron chi connectivity index (χ3n) is 4.72. The van der Waals surface area contributed by atoms with E-state index in [4.69, 9.17) is 4.74 Å². The highest BCUT2D eigenvalue weighted by molar-refractivity contribution is 5.93. The summed E-state index contributed by atoms with van der Waals surface area (Å²) in [6.45, 7) is 0.296. The molecule has 5 heteroatoms. The molecule has 2 aromatic carbocycles. The van der Waals surface area contributed by atoms with Crippen LogP contribution in [0.2, 0.25) is 0 Å². The molecule has 0 aliphatic heterocycles. The summed E-state index contributed by atoms with van der Waals surface area (Å²) in [5.74, 6) is 0. The second-order valence-corrected chi connectivity index (χ2v) is 6.62. The van der Waals surface area contributed by atoms with Crippen LogP contribution in [-0.4, -0.2) is 23.2 Å². The van der Waals surface area contributed by atoms with Crippen molar-refractivity contribution in [3.05, 3.63) is 72.6 Å². The largest absolute Gasteiger partial charge is 0.445 e. The number of hydrogen-bond donors (Lipinski definition) is 2. The van der Waals surface area contributed by atoms with Crippen LogP contribution in [0.25, 0.3) is 10.8 Å². The van der Waals surface area contributed by atoms with Crippen LogP contribution >= 0.6 is 0 Å². The van der Waals surface area contributed by atoms with Gasteiger partial charge in [-0.3, -0.25) is 4.98 Å². The number of fused-ring (bicyclic) bond motifs is 1. The minimum atomic E-state index is -0.355. The van der Waals surface area contributed by atoms with Crippen molar-refractivity contribution in [3.8, 4) is 0 Å². The van der Waals surface area contributed by atoms with E-state index >= 15 is 0 Å².